The normalized spacial score (nSPS) is 18.3. The lowest BCUT2D eigenvalue weighted by atomic mass is 9.85. The first-order valence-corrected chi connectivity index (χ1v) is 10.7. The van der Waals surface area contributed by atoms with E-state index < -0.39 is 0 Å². The summed E-state index contributed by atoms with van der Waals surface area (Å²) in [4.78, 5) is 37.9. The van der Waals surface area contributed by atoms with E-state index in [0.29, 0.717) is 28.2 Å². The van der Waals surface area contributed by atoms with Gasteiger partial charge in [0.2, 0.25) is 5.91 Å². The van der Waals surface area contributed by atoms with Gasteiger partial charge in [-0.15, -0.1) is 10.2 Å². The number of fused-ring (bicyclic) bond motifs is 1. The molecule has 1 fully saturated rings. The van der Waals surface area contributed by atoms with Crippen LogP contribution in [0, 0.1) is 0 Å². The van der Waals surface area contributed by atoms with Crippen LogP contribution in [-0.2, 0) is 4.79 Å². The summed E-state index contributed by atoms with van der Waals surface area (Å²) in [5, 5.41) is 17.1. The number of hydrogen-bond acceptors (Lipinski definition) is 9. The number of carbonyl (C=O) groups excluding carboxylic acids is 1. The Morgan fingerprint density at radius 1 is 1.15 bits per heavy atom. The van der Waals surface area contributed by atoms with E-state index >= 15 is 0 Å². The number of benzene rings is 1. The molecule has 12 nitrogen and oxygen atoms in total. The van der Waals surface area contributed by atoms with Gasteiger partial charge >= 0.3 is 0 Å². The highest BCUT2D eigenvalue weighted by Gasteiger charge is 2.29. The molecule has 4 aromatic rings. The van der Waals surface area contributed by atoms with Gasteiger partial charge in [0.05, 0.1) is 0 Å². The van der Waals surface area contributed by atoms with Gasteiger partial charge in [-0.25, -0.2) is 15.0 Å². The SMILES string of the molecule is CC(=O)Nc1ccc(-c2nc3c(N)ncnc3n(C3CCC(c4nn[nH]n4)CC3)c2=O)cc1. The second-order valence-corrected chi connectivity index (χ2v) is 8.10. The molecule has 0 saturated heterocycles. The molecule has 0 unspecified atom stereocenters. The molecule has 3 heterocycles. The van der Waals surface area contributed by atoms with Crippen LogP contribution in [0.25, 0.3) is 22.4 Å². The lowest BCUT2D eigenvalue weighted by molar-refractivity contribution is -0.114. The van der Waals surface area contributed by atoms with Gasteiger partial charge in [0.15, 0.2) is 17.3 Å². The zero-order valence-electron chi connectivity index (χ0n) is 17.9. The zero-order chi connectivity index (χ0) is 22.9. The summed E-state index contributed by atoms with van der Waals surface area (Å²) in [6, 6.07) is 6.88. The van der Waals surface area contributed by atoms with Gasteiger partial charge in [0, 0.05) is 30.1 Å². The summed E-state index contributed by atoms with van der Waals surface area (Å²) in [5.74, 6) is 0.942. The number of rotatable bonds is 4. The van der Waals surface area contributed by atoms with Crippen molar-refractivity contribution in [3.63, 3.8) is 0 Å². The molecule has 0 radical (unpaired) electrons. The Hall–Kier alpha value is -4.22. The van der Waals surface area contributed by atoms with E-state index in [1.807, 2.05) is 0 Å². The predicted octanol–water partition coefficient (Wildman–Crippen LogP) is 1.81. The third-order valence-electron chi connectivity index (χ3n) is 5.97. The highest BCUT2D eigenvalue weighted by atomic mass is 16.1. The molecule has 12 heteroatoms. The standard InChI is InChI=1S/C21H22N10O2/c1-11(32)25-14-6-2-12(3-7-14)16-21(33)31(20-17(26-16)18(22)23-10-24-20)15-8-4-13(5-9-15)19-27-29-30-28-19/h2-3,6-7,10,13,15H,4-5,8-9H2,1H3,(H,25,32)(H2,22,23,24)(H,27,28,29,30). The largest absolute Gasteiger partial charge is 0.382 e. The van der Waals surface area contributed by atoms with Gasteiger partial charge in [-0.2, -0.15) is 5.21 Å². The molecule has 3 aromatic heterocycles. The first-order valence-electron chi connectivity index (χ1n) is 10.7. The van der Waals surface area contributed by atoms with Crippen molar-refractivity contribution < 1.29 is 4.79 Å². The van der Waals surface area contributed by atoms with Crippen molar-refractivity contribution in [2.75, 3.05) is 11.1 Å². The van der Waals surface area contributed by atoms with E-state index in [-0.39, 0.29) is 34.9 Å². The molecule has 1 aliphatic carbocycles. The minimum absolute atomic E-state index is 0.0714. The molecule has 168 valence electrons. The minimum atomic E-state index is -0.240. The fraction of sp³-hybridized carbons (Fsp3) is 0.333. The van der Waals surface area contributed by atoms with Crippen molar-refractivity contribution in [2.24, 2.45) is 0 Å². The Bertz CT molecular complexity index is 1360. The maximum absolute atomic E-state index is 13.7. The summed E-state index contributed by atoms with van der Waals surface area (Å²) >= 11 is 0. The number of H-pyrrole nitrogens is 1. The van der Waals surface area contributed by atoms with Gasteiger partial charge < -0.3 is 11.1 Å². The van der Waals surface area contributed by atoms with Crippen LogP contribution >= 0.6 is 0 Å². The van der Waals surface area contributed by atoms with Crippen molar-refractivity contribution in [1.82, 2.24) is 40.1 Å². The number of tetrazole rings is 1. The van der Waals surface area contributed by atoms with Crippen molar-refractivity contribution in [3.8, 4) is 11.3 Å². The van der Waals surface area contributed by atoms with Gasteiger partial charge in [0.1, 0.15) is 17.5 Å². The van der Waals surface area contributed by atoms with Crippen LogP contribution < -0.4 is 16.6 Å². The van der Waals surface area contributed by atoms with Crippen LogP contribution in [0.2, 0.25) is 0 Å². The molecule has 5 rings (SSSR count). The van der Waals surface area contributed by atoms with E-state index in [2.05, 4.69) is 40.9 Å². The van der Waals surface area contributed by atoms with Gasteiger partial charge in [0.25, 0.3) is 5.56 Å². The number of nitrogens with two attached hydrogens (primary N) is 1. The highest BCUT2D eigenvalue weighted by Crippen LogP contribution is 2.37. The molecule has 0 bridgehead atoms. The van der Waals surface area contributed by atoms with Gasteiger partial charge in [-0.05, 0) is 37.8 Å². The molecule has 0 aliphatic heterocycles. The number of anilines is 2. The van der Waals surface area contributed by atoms with Crippen LogP contribution in [0.4, 0.5) is 11.5 Å². The number of hydrogen-bond donors (Lipinski definition) is 3. The molecular weight excluding hydrogens is 424 g/mol. The minimum Gasteiger partial charge on any atom is -0.382 e. The maximum Gasteiger partial charge on any atom is 0.279 e. The van der Waals surface area contributed by atoms with Crippen LogP contribution in [0.15, 0.2) is 35.4 Å². The lowest BCUT2D eigenvalue weighted by Crippen LogP contribution is -2.31. The van der Waals surface area contributed by atoms with E-state index in [4.69, 9.17) is 5.73 Å². The number of nitrogen functional groups attached to an aromatic ring is 1. The summed E-state index contributed by atoms with van der Waals surface area (Å²) in [7, 11) is 0. The number of nitrogens with one attached hydrogen (secondary N) is 2. The van der Waals surface area contributed by atoms with E-state index in [1.54, 1.807) is 28.8 Å². The monoisotopic (exact) mass is 446 g/mol. The summed E-state index contributed by atoms with van der Waals surface area (Å²) < 4.78 is 1.70. The fourth-order valence-corrected chi connectivity index (χ4v) is 4.41. The van der Waals surface area contributed by atoms with E-state index in [9.17, 15) is 9.59 Å². The zero-order valence-corrected chi connectivity index (χ0v) is 17.9. The number of nitrogens with zero attached hydrogens (tertiary/aromatic N) is 7. The maximum atomic E-state index is 13.7. The third-order valence-corrected chi connectivity index (χ3v) is 5.97. The molecule has 0 spiro atoms. The Kier molecular flexibility index (Phi) is 5.24. The van der Waals surface area contributed by atoms with Gasteiger partial charge in [-0.3, -0.25) is 14.2 Å². The average molecular weight is 446 g/mol. The number of aromatic amines is 1. The Balaban J connectivity index is 1.56. The molecule has 4 N–H and O–H groups in total. The smallest absolute Gasteiger partial charge is 0.279 e. The van der Waals surface area contributed by atoms with Crippen molar-refractivity contribution in [3.05, 3.63) is 46.8 Å². The number of carbonyl (C=O) groups is 1. The van der Waals surface area contributed by atoms with Gasteiger partial charge in [-0.1, -0.05) is 17.3 Å². The molecule has 1 amide bonds. The third kappa shape index (κ3) is 3.90. The fourth-order valence-electron chi connectivity index (χ4n) is 4.41. The summed E-state index contributed by atoms with van der Waals surface area (Å²) in [5.41, 5.74) is 8.20. The van der Waals surface area contributed by atoms with Crippen LogP contribution in [0.1, 0.15) is 50.4 Å². The summed E-state index contributed by atoms with van der Waals surface area (Å²) in [6.07, 6.45) is 4.50. The quantitative estimate of drug-likeness (QED) is 0.423. The second kappa shape index (κ2) is 8.37. The predicted molar refractivity (Wildman–Crippen MR) is 120 cm³/mol. The Labute approximate surface area is 187 Å². The molecule has 1 aromatic carbocycles. The topological polar surface area (TPSA) is 170 Å². The molecular formula is C21H22N10O2. The van der Waals surface area contributed by atoms with Crippen molar-refractivity contribution >= 4 is 28.6 Å². The van der Waals surface area contributed by atoms with Crippen LogP contribution in [0.3, 0.4) is 0 Å². The first-order chi connectivity index (χ1) is 16.0. The first kappa shape index (κ1) is 20.7. The highest BCUT2D eigenvalue weighted by molar-refractivity contribution is 5.89. The number of amides is 1. The average Bonchev–Trinajstić information content (AvgIpc) is 3.35. The molecule has 0 atom stereocenters. The van der Waals surface area contributed by atoms with Crippen molar-refractivity contribution in [1.29, 1.82) is 0 Å². The molecule has 33 heavy (non-hydrogen) atoms. The molecule has 1 saturated carbocycles. The van der Waals surface area contributed by atoms with Crippen LogP contribution in [-0.4, -0.2) is 46.1 Å². The second-order valence-electron chi connectivity index (χ2n) is 8.10. The van der Waals surface area contributed by atoms with Crippen molar-refractivity contribution in [2.45, 2.75) is 44.6 Å². The summed E-state index contributed by atoms with van der Waals surface area (Å²) in [6.45, 7) is 1.44. The Morgan fingerprint density at radius 2 is 1.91 bits per heavy atom. The molecule has 1 aliphatic rings. The Morgan fingerprint density at radius 3 is 2.58 bits per heavy atom. The number of aromatic nitrogens is 8. The van der Waals surface area contributed by atoms with E-state index in [0.717, 1.165) is 25.7 Å². The lowest BCUT2D eigenvalue weighted by Gasteiger charge is -2.29. The van der Waals surface area contributed by atoms with Crippen LogP contribution in [0.5, 0.6) is 0 Å². The van der Waals surface area contributed by atoms with E-state index in [1.165, 1.54) is 13.3 Å².